The van der Waals surface area contributed by atoms with Crippen LogP contribution in [-0.4, -0.2) is 47.5 Å². The molecule has 1 atom stereocenters. The van der Waals surface area contributed by atoms with Crippen LogP contribution in [0.4, 0.5) is 11.8 Å². The molecule has 114 valence electrons. The van der Waals surface area contributed by atoms with E-state index < -0.39 is 0 Å². The van der Waals surface area contributed by atoms with Gasteiger partial charge in [0, 0.05) is 18.0 Å². The van der Waals surface area contributed by atoms with E-state index in [1.807, 2.05) is 0 Å². The van der Waals surface area contributed by atoms with Crippen LogP contribution in [-0.2, 0) is 11.2 Å². The number of anilines is 2. The number of hydrazine groups is 1. The van der Waals surface area contributed by atoms with Crippen molar-refractivity contribution in [3.8, 4) is 0 Å². The highest BCUT2D eigenvalue weighted by molar-refractivity contribution is 7.18. The summed E-state index contributed by atoms with van der Waals surface area (Å²) >= 11 is 1.66. The first-order chi connectivity index (χ1) is 10.2. The molecule has 1 unspecified atom stereocenters. The SMILES string of the molecule is CCc1cc2c(N3CCOC(CO)C3)nc(NN)nc2s1. The molecule has 4 N–H and O–H groups in total. The normalized spacial score (nSPS) is 19.2. The molecule has 0 saturated carbocycles. The van der Waals surface area contributed by atoms with E-state index in [0.29, 0.717) is 19.1 Å². The van der Waals surface area contributed by atoms with Crippen LogP contribution in [0.25, 0.3) is 10.2 Å². The number of ether oxygens (including phenoxy) is 1. The van der Waals surface area contributed by atoms with E-state index in [9.17, 15) is 5.11 Å². The Bertz CT molecular complexity index is 632. The lowest BCUT2D eigenvalue weighted by molar-refractivity contribution is 0.00344. The minimum Gasteiger partial charge on any atom is -0.394 e. The number of nitrogens with one attached hydrogen (secondary N) is 1. The first-order valence-corrected chi connectivity index (χ1v) is 7.81. The zero-order valence-electron chi connectivity index (χ0n) is 11.9. The maximum absolute atomic E-state index is 9.30. The van der Waals surface area contributed by atoms with E-state index in [1.165, 1.54) is 4.88 Å². The average Bonchev–Trinajstić information content (AvgIpc) is 2.96. The van der Waals surface area contributed by atoms with E-state index in [-0.39, 0.29) is 12.7 Å². The molecule has 1 aliphatic heterocycles. The predicted octanol–water partition coefficient (Wildman–Crippen LogP) is 0.737. The lowest BCUT2D eigenvalue weighted by Gasteiger charge is -2.33. The van der Waals surface area contributed by atoms with Crippen LogP contribution >= 0.6 is 11.3 Å². The summed E-state index contributed by atoms with van der Waals surface area (Å²) in [6.07, 6.45) is 0.788. The Morgan fingerprint density at radius 1 is 1.57 bits per heavy atom. The van der Waals surface area contributed by atoms with Crippen molar-refractivity contribution in [1.29, 1.82) is 0 Å². The Morgan fingerprint density at radius 2 is 2.43 bits per heavy atom. The van der Waals surface area contributed by atoms with Gasteiger partial charge in [-0.3, -0.25) is 5.43 Å². The van der Waals surface area contributed by atoms with Gasteiger partial charge in [0.2, 0.25) is 5.95 Å². The summed E-state index contributed by atoms with van der Waals surface area (Å²) in [7, 11) is 0. The number of rotatable bonds is 4. The second-order valence-corrected chi connectivity index (χ2v) is 6.04. The molecule has 0 aromatic carbocycles. The molecule has 0 amide bonds. The number of nitrogen functional groups attached to an aromatic ring is 1. The molecule has 1 saturated heterocycles. The van der Waals surface area contributed by atoms with E-state index in [1.54, 1.807) is 11.3 Å². The molecule has 7 nitrogen and oxygen atoms in total. The van der Waals surface area contributed by atoms with Crippen LogP contribution in [0.1, 0.15) is 11.8 Å². The van der Waals surface area contributed by atoms with Gasteiger partial charge in [-0.25, -0.2) is 10.8 Å². The summed E-state index contributed by atoms with van der Waals surface area (Å²) in [5.41, 5.74) is 2.53. The number of thiophene rings is 1. The summed E-state index contributed by atoms with van der Waals surface area (Å²) in [6.45, 7) is 4.06. The molecule has 0 radical (unpaired) electrons. The number of aromatic nitrogens is 2. The Balaban J connectivity index is 2.04. The highest BCUT2D eigenvalue weighted by Crippen LogP contribution is 2.32. The standard InChI is InChI=1S/C13H19N5O2S/c1-2-9-5-10-11(15-13(17-14)16-12(10)21-9)18-3-4-20-8(6-18)7-19/h5,8,19H,2-4,6-7,14H2,1H3,(H,15,16,17). The van der Waals surface area contributed by atoms with Crippen LogP contribution < -0.4 is 16.2 Å². The van der Waals surface area contributed by atoms with Gasteiger partial charge in [-0.2, -0.15) is 4.98 Å². The largest absolute Gasteiger partial charge is 0.394 e. The zero-order chi connectivity index (χ0) is 14.8. The third-order valence-electron chi connectivity index (χ3n) is 3.54. The van der Waals surface area contributed by atoms with Crippen molar-refractivity contribution in [1.82, 2.24) is 9.97 Å². The Labute approximate surface area is 126 Å². The maximum atomic E-state index is 9.30. The molecule has 3 rings (SSSR count). The van der Waals surface area contributed by atoms with E-state index in [4.69, 9.17) is 10.6 Å². The minimum atomic E-state index is -0.178. The van der Waals surface area contributed by atoms with Crippen LogP contribution in [0.3, 0.4) is 0 Å². The maximum Gasteiger partial charge on any atom is 0.240 e. The van der Waals surface area contributed by atoms with Gasteiger partial charge in [0.05, 0.1) is 24.7 Å². The number of hydrogen-bond acceptors (Lipinski definition) is 8. The molecule has 1 aliphatic rings. The Kier molecular flexibility index (Phi) is 4.20. The van der Waals surface area contributed by atoms with Gasteiger partial charge in [-0.05, 0) is 12.5 Å². The van der Waals surface area contributed by atoms with Crippen molar-refractivity contribution in [2.75, 3.05) is 36.6 Å². The fourth-order valence-corrected chi connectivity index (χ4v) is 3.42. The van der Waals surface area contributed by atoms with Gasteiger partial charge in [0.1, 0.15) is 10.6 Å². The molecule has 21 heavy (non-hydrogen) atoms. The van der Waals surface area contributed by atoms with Crippen LogP contribution in [0, 0.1) is 0 Å². The molecule has 8 heteroatoms. The Hall–Kier alpha value is -1.48. The Morgan fingerprint density at radius 3 is 3.14 bits per heavy atom. The number of nitrogens with two attached hydrogens (primary N) is 1. The van der Waals surface area contributed by atoms with Crippen LogP contribution in [0.5, 0.6) is 0 Å². The van der Waals surface area contributed by atoms with Crippen molar-refractivity contribution in [3.63, 3.8) is 0 Å². The van der Waals surface area contributed by atoms with Crippen molar-refractivity contribution in [3.05, 3.63) is 10.9 Å². The summed E-state index contributed by atoms with van der Waals surface area (Å²) < 4.78 is 5.50. The number of hydrogen-bond donors (Lipinski definition) is 3. The third-order valence-corrected chi connectivity index (χ3v) is 4.72. The summed E-state index contributed by atoms with van der Waals surface area (Å²) in [5.74, 6) is 6.74. The molecular weight excluding hydrogens is 290 g/mol. The van der Waals surface area contributed by atoms with Crippen molar-refractivity contribution in [2.45, 2.75) is 19.4 Å². The van der Waals surface area contributed by atoms with Crippen molar-refractivity contribution >= 4 is 33.3 Å². The number of aliphatic hydroxyl groups is 1. The van der Waals surface area contributed by atoms with Gasteiger partial charge >= 0.3 is 0 Å². The second kappa shape index (κ2) is 6.10. The quantitative estimate of drug-likeness (QED) is 0.566. The molecule has 0 aliphatic carbocycles. The summed E-state index contributed by atoms with van der Waals surface area (Å²) in [4.78, 5) is 13.2. The first-order valence-electron chi connectivity index (χ1n) is 6.99. The van der Waals surface area contributed by atoms with Gasteiger partial charge in [-0.15, -0.1) is 11.3 Å². The molecule has 0 bridgehead atoms. The lowest BCUT2D eigenvalue weighted by Crippen LogP contribution is -2.44. The molecule has 1 fully saturated rings. The fraction of sp³-hybridized carbons (Fsp3) is 0.538. The second-order valence-electron chi connectivity index (χ2n) is 4.92. The molecular formula is C13H19N5O2S. The third kappa shape index (κ3) is 2.80. The number of aryl methyl sites for hydroxylation is 1. The summed E-state index contributed by atoms with van der Waals surface area (Å²) in [6, 6.07) is 2.14. The number of aliphatic hydroxyl groups excluding tert-OH is 1. The zero-order valence-corrected chi connectivity index (χ0v) is 12.7. The van der Waals surface area contributed by atoms with E-state index in [0.717, 1.165) is 29.0 Å². The predicted molar refractivity (Wildman–Crippen MR) is 83.6 cm³/mol. The van der Waals surface area contributed by atoms with Gasteiger partial charge in [0.15, 0.2) is 0 Å². The van der Waals surface area contributed by atoms with Gasteiger partial charge in [-0.1, -0.05) is 6.92 Å². The van der Waals surface area contributed by atoms with Crippen LogP contribution in [0.2, 0.25) is 0 Å². The van der Waals surface area contributed by atoms with Crippen molar-refractivity contribution < 1.29 is 9.84 Å². The number of fused-ring (bicyclic) bond motifs is 1. The van der Waals surface area contributed by atoms with Gasteiger partial charge < -0.3 is 14.7 Å². The monoisotopic (exact) mass is 309 g/mol. The van der Waals surface area contributed by atoms with E-state index in [2.05, 4.69) is 33.3 Å². The number of nitrogens with zero attached hydrogens (tertiary/aromatic N) is 3. The van der Waals surface area contributed by atoms with Crippen molar-refractivity contribution in [2.24, 2.45) is 5.84 Å². The molecule has 2 aromatic heterocycles. The minimum absolute atomic E-state index is 0.0105. The number of morpholine rings is 1. The fourth-order valence-electron chi connectivity index (χ4n) is 2.46. The first kappa shape index (κ1) is 14.5. The highest BCUT2D eigenvalue weighted by atomic mass is 32.1. The smallest absolute Gasteiger partial charge is 0.240 e. The van der Waals surface area contributed by atoms with E-state index >= 15 is 0 Å². The topological polar surface area (TPSA) is 96.5 Å². The summed E-state index contributed by atoms with van der Waals surface area (Å²) in [5, 5.41) is 10.3. The molecule has 3 heterocycles. The average molecular weight is 309 g/mol. The molecule has 2 aromatic rings. The molecule has 0 spiro atoms. The lowest BCUT2D eigenvalue weighted by atomic mass is 10.2. The van der Waals surface area contributed by atoms with Crippen LogP contribution in [0.15, 0.2) is 6.07 Å². The highest BCUT2D eigenvalue weighted by Gasteiger charge is 2.24. The van der Waals surface area contributed by atoms with Gasteiger partial charge in [0.25, 0.3) is 0 Å².